The zero-order valence-corrected chi connectivity index (χ0v) is 10.9. The second kappa shape index (κ2) is 9.89. The third-order valence-electron chi connectivity index (χ3n) is 1.70. The molecule has 0 saturated heterocycles. The summed E-state index contributed by atoms with van der Waals surface area (Å²) in [7, 11) is -0.470. The van der Waals surface area contributed by atoms with Gasteiger partial charge in [-0.25, -0.2) is 4.79 Å². The molecule has 88 valence electrons. The third-order valence-corrected chi connectivity index (χ3v) is 3.07. The average molecular weight is 232 g/mol. The van der Waals surface area contributed by atoms with Crippen LogP contribution in [0, 0.1) is 0 Å². The molecule has 0 aliphatic rings. The normalized spacial score (nSPS) is 11.1. The van der Waals surface area contributed by atoms with Gasteiger partial charge in [-0.15, -0.1) is 0 Å². The van der Waals surface area contributed by atoms with E-state index < -0.39 is 9.52 Å². The molecule has 0 aromatic rings. The van der Waals surface area contributed by atoms with E-state index in [1.54, 1.807) is 0 Å². The molecule has 0 heterocycles. The van der Waals surface area contributed by atoms with Crippen molar-refractivity contribution in [2.24, 2.45) is 0 Å². The number of ether oxygens (including phenoxy) is 3. The van der Waals surface area contributed by atoms with E-state index in [9.17, 15) is 4.79 Å². The predicted octanol–water partition coefficient (Wildman–Crippen LogP) is 0.659. The molecule has 0 aliphatic heterocycles. The Hall–Kier alpha value is -0.653. The van der Waals surface area contributed by atoms with Crippen molar-refractivity contribution in [2.75, 3.05) is 19.4 Å². The zero-order chi connectivity index (χ0) is 11.5. The minimum atomic E-state index is -0.470. The van der Waals surface area contributed by atoms with Crippen LogP contribution in [0.3, 0.4) is 0 Å². The summed E-state index contributed by atoms with van der Waals surface area (Å²) in [5.74, 6) is -0.355. The summed E-state index contributed by atoms with van der Waals surface area (Å²) in [5.41, 5.74) is 0. The fourth-order valence-corrected chi connectivity index (χ4v) is 2.25. The quantitative estimate of drug-likeness (QED) is 0.193. The molecule has 0 N–H and O–H groups in total. The first-order valence-electron chi connectivity index (χ1n) is 5.27. The molecule has 15 heavy (non-hydrogen) atoms. The Labute approximate surface area is 93.4 Å². The number of hydrogen-bond acceptors (Lipinski definition) is 4. The van der Waals surface area contributed by atoms with Gasteiger partial charge < -0.3 is 14.2 Å². The smallest absolute Gasteiger partial charge is 0.329 e. The third kappa shape index (κ3) is 8.35. The van der Waals surface area contributed by atoms with Crippen LogP contribution in [0.1, 0.15) is 13.8 Å². The summed E-state index contributed by atoms with van der Waals surface area (Å²) in [6, 6.07) is 0.867. The topological polar surface area (TPSA) is 44.8 Å². The summed E-state index contributed by atoms with van der Waals surface area (Å²) in [6.45, 7) is 8.49. The molecule has 0 rings (SSSR count). The highest BCUT2D eigenvalue weighted by atomic mass is 28.2. The highest BCUT2D eigenvalue weighted by Crippen LogP contribution is 2.01. The lowest BCUT2D eigenvalue weighted by Crippen LogP contribution is -2.21. The molecule has 0 aromatic heterocycles. The summed E-state index contributed by atoms with van der Waals surface area (Å²) >= 11 is 0. The minimum Gasteiger partial charge on any atom is -0.467 e. The van der Waals surface area contributed by atoms with Crippen LogP contribution in [0.2, 0.25) is 6.04 Å². The van der Waals surface area contributed by atoms with Gasteiger partial charge in [0.15, 0.2) is 6.29 Å². The molecule has 0 bridgehead atoms. The van der Waals surface area contributed by atoms with Gasteiger partial charge in [-0.2, -0.15) is 0 Å². The van der Waals surface area contributed by atoms with Crippen molar-refractivity contribution in [3.8, 4) is 0 Å². The molecule has 0 aromatic carbocycles. The largest absolute Gasteiger partial charge is 0.467 e. The maximum Gasteiger partial charge on any atom is 0.329 e. The van der Waals surface area contributed by atoms with Crippen LogP contribution in [0.25, 0.3) is 0 Å². The molecule has 0 saturated carbocycles. The van der Waals surface area contributed by atoms with Gasteiger partial charge in [0.2, 0.25) is 0 Å². The van der Waals surface area contributed by atoms with E-state index >= 15 is 0 Å². The van der Waals surface area contributed by atoms with Crippen molar-refractivity contribution in [2.45, 2.75) is 26.2 Å². The number of carbonyl (C=O) groups is 1. The maximum absolute atomic E-state index is 10.7. The minimum absolute atomic E-state index is 0.130. The summed E-state index contributed by atoms with van der Waals surface area (Å²) in [5, 5.41) is 0. The van der Waals surface area contributed by atoms with Crippen LogP contribution in [0.4, 0.5) is 0 Å². The van der Waals surface area contributed by atoms with Crippen LogP contribution in [-0.2, 0) is 19.0 Å². The molecule has 0 amide bonds. The molecule has 0 fully saturated rings. The zero-order valence-electron chi connectivity index (χ0n) is 9.53. The van der Waals surface area contributed by atoms with Crippen LogP contribution >= 0.6 is 0 Å². The molecule has 0 atom stereocenters. The van der Waals surface area contributed by atoms with Gasteiger partial charge in [-0.3, -0.25) is 0 Å². The van der Waals surface area contributed by atoms with Crippen LogP contribution in [0.5, 0.6) is 0 Å². The van der Waals surface area contributed by atoms with Gasteiger partial charge in [-0.1, -0.05) is 6.58 Å². The lowest BCUT2D eigenvalue weighted by molar-refractivity contribution is -0.136. The SMILES string of the molecule is C=CC(=O)OC[SiH2]CC(OCC)OCC. The fraction of sp³-hybridized carbons (Fsp3) is 0.700. The van der Waals surface area contributed by atoms with E-state index in [0.29, 0.717) is 19.4 Å². The first-order valence-corrected chi connectivity index (χ1v) is 7.27. The molecular weight excluding hydrogens is 212 g/mol. The highest BCUT2D eigenvalue weighted by molar-refractivity contribution is 6.35. The molecule has 0 radical (unpaired) electrons. The first-order chi connectivity index (χ1) is 7.24. The highest BCUT2D eigenvalue weighted by Gasteiger charge is 2.08. The Morgan fingerprint density at radius 3 is 2.47 bits per heavy atom. The summed E-state index contributed by atoms with van der Waals surface area (Å²) in [6.07, 6.45) is 1.56. The molecule has 0 spiro atoms. The standard InChI is InChI=1S/C10H20O4Si/c1-4-9(11)14-8-15-7-10(12-5-2)13-6-3/h4,10H,1,5-8,15H2,2-3H3. The van der Waals surface area contributed by atoms with Crippen molar-refractivity contribution in [1.29, 1.82) is 0 Å². The van der Waals surface area contributed by atoms with E-state index in [1.807, 2.05) is 13.8 Å². The van der Waals surface area contributed by atoms with Crippen molar-refractivity contribution < 1.29 is 19.0 Å². The Balaban J connectivity index is 3.52. The Morgan fingerprint density at radius 1 is 1.40 bits per heavy atom. The van der Waals surface area contributed by atoms with E-state index in [2.05, 4.69) is 6.58 Å². The number of esters is 1. The van der Waals surface area contributed by atoms with Crippen molar-refractivity contribution in [3.63, 3.8) is 0 Å². The Kier molecular flexibility index (Phi) is 9.45. The molecule has 0 unspecified atom stereocenters. The van der Waals surface area contributed by atoms with E-state index in [-0.39, 0.29) is 12.3 Å². The van der Waals surface area contributed by atoms with Crippen LogP contribution in [-0.4, -0.2) is 41.2 Å². The Morgan fingerprint density at radius 2 is 2.00 bits per heavy atom. The molecule has 0 aliphatic carbocycles. The average Bonchev–Trinajstić information content (AvgIpc) is 2.24. The second-order valence-electron chi connectivity index (χ2n) is 2.85. The summed E-state index contributed by atoms with van der Waals surface area (Å²) < 4.78 is 15.6. The van der Waals surface area contributed by atoms with Gasteiger partial charge in [-0.05, 0) is 19.9 Å². The van der Waals surface area contributed by atoms with Gasteiger partial charge in [0.1, 0.15) is 0 Å². The van der Waals surface area contributed by atoms with Gasteiger partial charge >= 0.3 is 5.97 Å². The van der Waals surface area contributed by atoms with Gasteiger partial charge in [0.25, 0.3) is 0 Å². The van der Waals surface area contributed by atoms with E-state index in [4.69, 9.17) is 14.2 Å². The Bertz CT molecular complexity index is 178. The molecule has 5 heteroatoms. The maximum atomic E-state index is 10.7. The second-order valence-corrected chi connectivity index (χ2v) is 4.55. The van der Waals surface area contributed by atoms with Gasteiger partial charge in [0.05, 0.1) is 15.7 Å². The summed E-state index contributed by atoms with van der Waals surface area (Å²) in [4.78, 5) is 10.7. The number of hydrogen-bond donors (Lipinski definition) is 0. The molecule has 4 nitrogen and oxygen atoms in total. The van der Waals surface area contributed by atoms with Gasteiger partial charge in [0, 0.05) is 19.3 Å². The molecular formula is C10H20O4Si. The number of carbonyl (C=O) groups excluding carboxylic acids is 1. The first kappa shape index (κ1) is 14.3. The fourth-order valence-electron chi connectivity index (χ4n) is 1.07. The van der Waals surface area contributed by atoms with Crippen molar-refractivity contribution in [3.05, 3.63) is 12.7 Å². The predicted molar refractivity (Wildman–Crippen MR) is 61.5 cm³/mol. The van der Waals surface area contributed by atoms with Crippen LogP contribution < -0.4 is 0 Å². The lowest BCUT2D eigenvalue weighted by Gasteiger charge is -2.16. The lowest BCUT2D eigenvalue weighted by atomic mass is 10.7. The van der Waals surface area contributed by atoms with Crippen LogP contribution in [0.15, 0.2) is 12.7 Å². The van der Waals surface area contributed by atoms with E-state index in [1.165, 1.54) is 6.08 Å². The van der Waals surface area contributed by atoms with E-state index in [0.717, 1.165) is 6.04 Å². The van der Waals surface area contributed by atoms with Crippen molar-refractivity contribution in [1.82, 2.24) is 0 Å². The monoisotopic (exact) mass is 232 g/mol. The van der Waals surface area contributed by atoms with Crippen molar-refractivity contribution >= 4 is 15.5 Å². The number of rotatable bonds is 9.